The smallest absolute Gasteiger partial charge is 0.218 e. The summed E-state index contributed by atoms with van der Waals surface area (Å²) >= 11 is 3.41. The van der Waals surface area contributed by atoms with Crippen LogP contribution in [0, 0.1) is 0 Å². The zero-order valence-corrected chi connectivity index (χ0v) is 9.99. The summed E-state index contributed by atoms with van der Waals surface area (Å²) in [7, 11) is 1.60. The predicted molar refractivity (Wildman–Crippen MR) is 60.3 cm³/mol. The lowest BCUT2D eigenvalue weighted by molar-refractivity contribution is 0.397. The highest BCUT2D eigenvalue weighted by Crippen LogP contribution is 2.14. The van der Waals surface area contributed by atoms with Crippen LogP contribution < -0.4 is 9.64 Å². The Bertz CT molecular complexity index is 283. The third-order valence-electron chi connectivity index (χ3n) is 1.90. The molecule has 1 rings (SSSR count). The van der Waals surface area contributed by atoms with Crippen LogP contribution >= 0.6 is 15.9 Å². The Morgan fingerprint density at radius 1 is 1.50 bits per heavy atom. The van der Waals surface area contributed by atoms with Crippen molar-refractivity contribution in [3.63, 3.8) is 0 Å². The van der Waals surface area contributed by atoms with Crippen molar-refractivity contribution in [1.82, 2.24) is 9.97 Å². The summed E-state index contributed by atoms with van der Waals surface area (Å²) in [4.78, 5) is 10.3. The summed E-state index contributed by atoms with van der Waals surface area (Å²) in [6, 6.07) is 1.84. The highest BCUT2D eigenvalue weighted by Gasteiger charge is 2.05. The molecule has 0 radical (unpaired) electrons. The van der Waals surface area contributed by atoms with Gasteiger partial charge < -0.3 is 9.64 Å². The molecule has 0 atom stereocenters. The fourth-order valence-corrected chi connectivity index (χ4v) is 1.58. The minimum atomic E-state index is 0.600. The zero-order valence-electron chi connectivity index (χ0n) is 8.40. The van der Waals surface area contributed by atoms with Gasteiger partial charge in [0.15, 0.2) is 0 Å². The predicted octanol–water partition coefficient (Wildman–Crippen LogP) is 1.71. The quantitative estimate of drug-likeness (QED) is 0.755. The van der Waals surface area contributed by atoms with E-state index in [-0.39, 0.29) is 0 Å². The first kappa shape index (κ1) is 11.2. The molecule has 0 N–H and O–H groups in total. The number of hydrogen-bond acceptors (Lipinski definition) is 4. The van der Waals surface area contributed by atoms with Gasteiger partial charge in [0.05, 0.1) is 7.11 Å². The van der Waals surface area contributed by atoms with Crippen LogP contribution in [0.2, 0.25) is 0 Å². The SMILES string of the molecule is CCN(CCBr)c1cc(OC)ncn1. The molecule has 0 spiro atoms. The minimum absolute atomic E-state index is 0.600. The molecule has 0 fully saturated rings. The van der Waals surface area contributed by atoms with Crippen molar-refractivity contribution in [3.05, 3.63) is 12.4 Å². The molecule has 4 nitrogen and oxygen atoms in total. The maximum absolute atomic E-state index is 5.04. The monoisotopic (exact) mass is 259 g/mol. The van der Waals surface area contributed by atoms with E-state index < -0.39 is 0 Å². The number of hydrogen-bond donors (Lipinski definition) is 0. The van der Waals surface area contributed by atoms with Gasteiger partial charge >= 0.3 is 0 Å². The van der Waals surface area contributed by atoms with E-state index in [1.165, 1.54) is 6.33 Å². The summed E-state index contributed by atoms with van der Waals surface area (Å²) in [5, 5.41) is 0.924. The maximum atomic E-state index is 5.04. The number of aromatic nitrogens is 2. The van der Waals surface area contributed by atoms with E-state index in [0.717, 1.165) is 24.2 Å². The Kier molecular flexibility index (Phi) is 4.65. The first-order chi connectivity index (χ1) is 6.81. The molecule has 0 saturated heterocycles. The normalized spacial score (nSPS) is 9.93. The van der Waals surface area contributed by atoms with Crippen molar-refractivity contribution in [2.75, 3.05) is 30.4 Å². The number of alkyl halides is 1. The second-order valence-corrected chi connectivity index (χ2v) is 3.48. The molecule has 1 aromatic rings. The van der Waals surface area contributed by atoms with Gasteiger partial charge in [-0.15, -0.1) is 0 Å². The molecule has 1 heterocycles. The lowest BCUT2D eigenvalue weighted by Gasteiger charge is -2.20. The fraction of sp³-hybridized carbons (Fsp3) is 0.556. The van der Waals surface area contributed by atoms with Gasteiger partial charge in [0, 0.05) is 24.5 Å². The summed E-state index contributed by atoms with van der Waals surface area (Å²) in [5.74, 6) is 1.50. The molecular weight excluding hydrogens is 246 g/mol. The van der Waals surface area contributed by atoms with Crippen LogP contribution in [0.5, 0.6) is 5.88 Å². The molecule has 0 saturated carbocycles. The fourth-order valence-electron chi connectivity index (χ4n) is 1.15. The van der Waals surface area contributed by atoms with E-state index in [4.69, 9.17) is 4.74 Å². The molecular formula is C9H14BrN3O. The second-order valence-electron chi connectivity index (χ2n) is 2.69. The number of rotatable bonds is 5. The van der Waals surface area contributed by atoms with Crippen LogP contribution in [-0.2, 0) is 0 Å². The molecule has 0 aliphatic rings. The molecule has 0 amide bonds. The number of halogens is 1. The van der Waals surface area contributed by atoms with Gasteiger partial charge in [-0.3, -0.25) is 0 Å². The molecule has 14 heavy (non-hydrogen) atoms. The lowest BCUT2D eigenvalue weighted by Crippen LogP contribution is -2.25. The van der Waals surface area contributed by atoms with Crippen LogP contribution in [0.4, 0.5) is 5.82 Å². The maximum Gasteiger partial charge on any atom is 0.218 e. The van der Waals surface area contributed by atoms with Crippen LogP contribution in [0.15, 0.2) is 12.4 Å². The number of methoxy groups -OCH3 is 1. The van der Waals surface area contributed by atoms with Crippen LogP contribution in [-0.4, -0.2) is 35.5 Å². The largest absolute Gasteiger partial charge is 0.481 e. The van der Waals surface area contributed by atoms with E-state index in [2.05, 4.69) is 37.7 Å². The molecule has 0 unspecified atom stereocenters. The highest BCUT2D eigenvalue weighted by molar-refractivity contribution is 9.09. The number of anilines is 1. The van der Waals surface area contributed by atoms with Crippen molar-refractivity contribution >= 4 is 21.7 Å². The summed E-state index contributed by atoms with van der Waals surface area (Å²) < 4.78 is 5.04. The first-order valence-corrected chi connectivity index (χ1v) is 5.61. The van der Waals surface area contributed by atoms with Crippen molar-refractivity contribution in [1.29, 1.82) is 0 Å². The molecule has 0 aliphatic carbocycles. The molecule has 1 aromatic heterocycles. The van der Waals surface area contributed by atoms with Gasteiger partial charge in [0.2, 0.25) is 5.88 Å². The molecule has 78 valence electrons. The van der Waals surface area contributed by atoms with Gasteiger partial charge in [0.1, 0.15) is 12.1 Å². The Morgan fingerprint density at radius 2 is 2.29 bits per heavy atom. The average Bonchev–Trinajstić information content (AvgIpc) is 2.26. The van der Waals surface area contributed by atoms with E-state index in [1.807, 2.05) is 6.07 Å². The average molecular weight is 260 g/mol. The van der Waals surface area contributed by atoms with Crippen LogP contribution in [0.25, 0.3) is 0 Å². The van der Waals surface area contributed by atoms with Crippen molar-refractivity contribution in [2.45, 2.75) is 6.92 Å². The van der Waals surface area contributed by atoms with Crippen LogP contribution in [0.3, 0.4) is 0 Å². The van der Waals surface area contributed by atoms with E-state index in [9.17, 15) is 0 Å². The highest BCUT2D eigenvalue weighted by atomic mass is 79.9. The second kappa shape index (κ2) is 5.80. The topological polar surface area (TPSA) is 38.2 Å². The van der Waals surface area contributed by atoms with Crippen molar-refractivity contribution < 1.29 is 4.74 Å². The zero-order chi connectivity index (χ0) is 10.4. The molecule has 0 bridgehead atoms. The van der Waals surface area contributed by atoms with Gasteiger partial charge in [-0.25, -0.2) is 9.97 Å². The molecule has 5 heteroatoms. The standard InChI is InChI=1S/C9H14BrN3O/c1-3-13(5-4-10)8-6-9(14-2)12-7-11-8/h6-7H,3-5H2,1-2H3. The Morgan fingerprint density at radius 3 is 2.86 bits per heavy atom. The molecule has 0 aromatic carbocycles. The Hall–Kier alpha value is -0.840. The van der Waals surface area contributed by atoms with E-state index >= 15 is 0 Å². The first-order valence-electron chi connectivity index (χ1n) is 4.48. The third-order valence-corrected chi connectivity index (χ3v) is 2.25. The Balaban J connectivity index is 2.80. The van der Waals surface area contributed by atoms with Crippen molar-refractivity contribution in [3.8, 4) is 5.88 Å². The van der Waals surface area contributed by atoms with Gasteiger partial charge in [-0.2, -0.15) is 0 Å². The van der Waals surface area contributed by atoms with E-state index in [1.54, 1.807) is 7.11 Å². The molecule has 0 aliphatic heterocycles. The van der Waals surface area contributed by atoms with Gasteiger partial charge in [-0.1, -0.05) is 15.9 Å². The number of ether oxygens (including phenoxy) is 1. The third kappa shape index (κ3) is 2.83. The minimum Gasteiger partial charge on any atom is -0.481 e. The summed E-state index contributed by atoms with van der Waals surface area (Å²) in [5.41, 5.74) is 0. The van der Waals surface area contributed by atoms with E-state index in [0.29, 0.717) is 5.88 Å². The lowest BCUT2D eigenvalue weighted by atomic mass is 10.4. The number of nitrogens with zero attached hydrogens (tertiary/aromatic N) is 3. The van der Waals surface area contributed by atoms with Gasteiger partial charge in [-0.05, 0) is 6.92 Å². The Labute approximate surface area is 92.4 Å². The van der Waals surface area contributed by atoms with Crippen LogP contribution in [0.1, 0.15) is 6.92 Å². The summed E-state index contributed by atoms with van der Waals surface area (Å²) in [6.07, 6.45) is 1.52. The summed E-state index contributed by atoms with van der Waals surface area (Å²) in [6.45, 7) is 3.94. The van der Waals surface area contributed by atoms with Crippen molar-refractivity contribution in [2.24, 2.45) is 0 Å². The van der Waals surface area contributed by atoms with Gasteiger partial charge in [0.25, 0.3) is 0 Å².